The molecule has 8 rings (SSSR count). The fourth-order valence-electron chi connectivity index (χ4n) is 6.37. The Labute approximate surface area is 274 Å². The lowest BCUT2D eigenvalue weighted by Gasteiger charge is -2.29. The average molecular weight is 721 g/mol. The van der Waals surface area contributed by atoms with Gasteiger partial charge in [-0.15, -0.1) is 0 Å². The quantitative estimate of drug-likeness (QED) is 0.225. The van der Waals surface area contributed by atoms with Gasteiger partial charge < -0.3 is 37.9 Å². The van der Waals surface area contributed by atoms with Gasteiger partial charge >= 0.3 is 0 Å². The number of alkyl halides is 2. The fourth-order valence-corrected chi connectivity index (χ4v) is 8.38. The van der Waals surface area contributed by atoms with E-state index < -0.39 is 94.1 Å². The zero-order chi connectivity index (χ0) is 34.4. The summed E-state index contributed by atoms with van der Waals surface area (Å²) >= 11 is 0. The minimum Gasteiger partial charge on any atom is -0.346 e. The number of aromatic amines is 1. The first-order valence-electron chi connectivity index (χ1n) is 14.7. The third-order valence-corrected chi connectivity index (χ3v) is 10.6. The van der Waals surface area contributed by atoms with Gasteiger partial charge in [0, 0.05) is 25.2 Å². The molecule has 0 spiro atoms. The molecule has 2 N–H and O–H groups in total. The monoisotopic (exact) mass is 721 g/mol. The van der Waals surface area contributed by atoms with Crippen LogP contribution in [-0.2, 0) is 47.9 Å². The van der Waals surface area contributed by atoms with Gasteiger partial charge in [-0.3, -0.25) is 23.3 Å². The maximum absolute atomic E-state index is 16.3. The van der Waals surface area contributed by atoms with Gasteiger partial charge in [0.05, 0.1) is 36.3 Å². The van der Waals surface area contributed by atoms with Gasteiger partial charge in [0.1, 0.15) is 29.8 Å². The molecule has 4 aliphatic rings. The van der Waals surface area contributed by atoms with Crippen molar-refractivity contribution in [3.8, 4) is 0 Å². The lowest BCUT2D eigenvalue weighted by Crippen LogP contribution is -2.37. The molecule has 4 aliphatic heterocycles. The number of nitrogens with zero attached hydrogens (tertiary/aromatic N) is 5. The molecule has 3 saturated heterocycles. The van der Waals surface area contributed by atoms with Crippen LogP contribution in [0.1, 0.15) is 24.6 Å². The Balaban J connectivity index is 1.08. The van der Waals surface area contributed by atoms with Crippen molar-refractivity contribution < 1.29 is 54.7 Å². The van der Waals surface area contributed by atoms with E-state index >= 15 is 8.78 Å². The predicted molar refractivity (Wildman–Crippen MR) is 161 cm³/mol. The Bertz CT molecular complexity index is 2160. The number of aryl methyl sites for hydroxylation is 1. The van der Waals surface area contributed by atoms with Crippen molar-refractivity contribution in [3.63, 3.8) is 0 Å². The van der Waals surface area contributed by atoms with Gasteiger partial charge in [-0.25, -0.2) is 27.8 Å². The largest absolute Gasteiger partial charge is 0.346 e. The topological polar surface area (TPSA) is 200 Å². The third kappa shape index (κ3) is 5.67. The number of H-pyrrole nitrogens is 1. The van der Waals surface area contributed by atoms with E-state index in [2.05, 4.69) is 25.4 Å². The highest BCUT2D eigenvalue weighted by molar-refractivity contribution is 7.79. The summed E-state index contributed by atoms with van der Waals surface area (Å²) in [5.74, 6) is -1.27. The number of fused-ring (bicyclic) bond motifs is 3. The molecule has 0 aliphatic carbocycles. The highest BCUT2D eigenvalue weighted by Gasteiger charge is 2.54. The first kappa shape index (κ1) is 32.8. The van der Waals surface area contributed by atoms with E-state index in [1.165, 1.54) is 6.20 Å². The molecule has 4 aromatic rings. The maximum Gasteiger partial charge on any atom is 0.264 e. The lowest BCUT2D eigenvalue weighted by atomic mass is 10.1. The molecule has 4 aromatic heterocycles. The number of amides is 1. The molecule has 4 radical (unpaired) electrons. The summed E-state index contributed by atoms with van der Waals surface area (Å²) in [6.07, 6.45) is -11.0. The number of halogens is 3. The van der Waals surface area contributed by atoms with Crippen molar-refractivity contribution in [2.24, 2.45) is 0 Å². The number of carbonyl (C=O) groups excluding carboxylic acids is 1. The van der Waals surface area contributed by atoms with E-state index in [1.54, 1.807) is 6.07 Å². The zero-order valence-electron chi connectivity index (χ0n) is 24.8. The molecule has 0 bridgehead atoms. The van der Waals surface area contributed by atoms with E-state index in [-0.39, 0.29) is 30.0 Å². The Morgan fingerprint density at radius 3 is 2.24 bits per heavy atom. The molecule has 4 unspecified atom stereocenters. The van der Waals surface area contributed by atoms with Gasteiger partial charge in [-0.2, -0.15) is 5.10 Å². The van der Waals surface area contributed by atoms with Crippen LogP contribution in [-0.4, -0.2) is 100 Å². The molecular weight excluding hydrogens is 699 g/mol. The molecular formula is C25H22B2F3N7O10P2. The predicted octanol–water partition coefficient (Wildman–Crippen LogP) is 2.03. The van der Waals surface area contributed by atoms with Crippen molar-refractivity contribution in [2.75, 3.05) is 18.5 Å². The molecule has 1 amide bonds. The van der Waals surface area contributed by atoms with Crippen LogP contribution in [0.5, 0.6) is 0 Å². The number of ether oxygens (including phenoxy) is 2. The number of hydrogen-bond acceptors (Lipinski definition) is 13. The summed E-state index contributed by atoms with van der Waals surface area (Å²) < 4.78 is 109. The Hall–Kier alpha value is -3.35. The smallest absolute Gasteiger partial charge is 0.264 e. The molecule has 254 valence electrons. The van der Waals surface area contributed by atoms with Crippen LogP contribution in [0.25, 0.3) is 22.1 Å². The Morgan fingerprint density at radius 2 is 1.55 bits per heavy atom. The summed E-state index contributed by atoms with van der Waals surface area (Å²) in [5.41, 5.74) is -0.120. The molecule has 24 heteroatoms. The summed E-state index contributed by atoms with van der Waals surface area (Å²) in [7, 11) is 2.25. The molecule has 8 heterocycles. The van der Waals surface area contributed by atoms with Gasteiger partial charge in [0.2, 0.25) is 21.0 Å². The molecule has 0 aromatic carbocycles. The minimum absolute atomic E-state index is 0.106. The number of hydrogen-bond donors (Lipinski definition) is 2. The normalized spacial score (nSPS) is 36.8. The van der Waals surface area contributed by atoms with Crippen LogP contribution in [0, 0.1) is 5.82 Å². The van der Waals surface area contributed by atoms with Crippen LogP contribution in [0.3, 0.4) is 0 Å². The Morgan fingerprint density at radius 1 is 0.898 bits per heavy atom. The van der Waals surface area contributed by atoms with Gasteiger partial charge in [-0.1, -0.05) is 0 Å². The van der Waals surface area contributed by atoms with E-state index in [9.17, 15) is 23.1 Å². The standard InChI is InChI=1S/C25H22B2F3N7O10P2/c26-48(40)43-7-13-20(18(30)25(45-13)37-22-16-10(3-4-31-22)34-14(38)2-1-11(16)35-37)47-49(27,41)42-6-12-19(46-48)17(29)24(44-12)36-5-9(28)15-21(36)32-8-33-23(15)39/h3-5,8,12-13,17-20,24-25H,1-2,6-7H2,(H,34,38)(H,32,33,39)/t12-,13-,17?,18+,19+,20?,24-,25-,48?,49?/m1/s1. The van der Waals surface area contributed by atoms with Crippen molar-refractivity contribution >= 4 is 63.7 Å². The first-order chi connectivity index (χ1) is 23.3. The fraction of sp³-hybridized carbons (Fsp3) is 0.480. The maximum atomic E-state index is 16.3. The van der Waals surface area contributed by atoms with Crippen LogP contribution in [0.15, 0.2) is 29.6 Å². The second-order valence-electron chi connectivity index (χ2n) is 11.6. The number of pyridine rings is 1. The molecule has 49 heavy (non-hydrogen) atoms. The number of anilines is 1. The van der Waals surface area contributed by atoms with E-state index in [1.807, 2.05) is 0 Å². The number of nitrogens with one attached hydrogen (secondary N) is 2. The molecule has 17 nitrogen and oxygen atoms in total. The van der Waals surface area contributed by atoms with Crippen molar-refractivity contribution in [1.82, 2.24) is 29.3 Å². The second-order valence-corrected chi connectivity index (χ2v) is 14.7. The third-order valence-electron chi connectivity index (χ3n) is 8.52. The summed E-state index contributed by atoms with van der Waals surface area (Å²) in [6.45, 7) is -1.63. The highest BCUT2D eigenvalue weighted by atomic mass is 31.2. The molecule has 10 atom stereocenters. The van der Waals surface area contributed by atoms with Crippen LogP contribution in [0.4, 0.5) is 18.9 Å². The summed E-state index contributed by atoms with van der Waals surface area (Å²) in [4.78, 5) is 34.7. The SMILES string of the molecule is [B]P1(=O)OC[C@H]2O[C@@H](n3cc(F)c4c(=O)[nH]cnc43)C(F)[C@H]2OP([B])(=O)OC[C@H]2O[C@@H](n3nc4c5c(ccnc53)NC(=O)CC4)[C@@H](F)C2O1. The molecule has 0 saturated carbocycles. The van der Waals surface area contributed by atoms with Crippen molar-refractivity contribution in [2.45, 2.75) is 62.1 Å². The number of carbonyl (C=O) groups is 1. The van der Waals surface area contributed by atoms with Crippen LogP contribution < -0.4 is 10.9 Å². The second kappa shape index (κ2) is 11.9. The number of aromatic nitrogens is 6. The average Bonchev–Trinajstić information content (AvgIpc) is 3.73. The minimum atomic E-state index is -4.72. The first-order valence-corrected chi connectivity index (χ1v) is 17.9. The van der Waals surface area contributed by atoms with E-state index in [0.717, 1.165) is 21.8 Å². The van der Waals surface area contributed by atoms with Gasteiger partial charge in [0.25, 0.3) is 20.5 Å². The lowest BCUT2D eigenvalue weighted by molar-refractivity contribution is -0.116. The summed E-state index contributed by atoms with van der Waals surface area (Å²) in [5, 5.41) is 7.17. The van der Waals surface area contributed by atoms with E-state index in [4.69, 9.17) is 42.7 Å². The number of rotatable bonds is 2. The van der Waals surface area contributed by atoms with Crippen molar-refractivity contribution in [3.05, 3.63) is 46.7 Å². The van der Waals surface area contributed by atoms with Gasteiger partial charge in [0.15, 0.2) is 41.9 Å². The van der Waals surface area contributed by atoms with Crippen LogP contribution in [0.2, 0.25) is 0 Å². The van der Waals surface area contributed by atoms with Crippen LogP contribution >= 0.6 is 14.9 Å². The van der Waals surface area contributed by atoms with E-state index in [0.29, 0.717) is 16.8 Å². The molecule has 3 fully saturated rings. The van der Waals surface area contributed by atoms with Gasteiger partial charge in [-0.05, 0) is 6.07 Å². The summed E-state index contributed by atoms with van der Waals surface area (Å²) in [6, 6.07) is 1.56. The highest BCUT2D eigenvalue weighted by Crippen LogP contribution is 2.54. The van der Waals surface area contributed by atoms with Crippen molar-refractivity contribution in [1.29, 1.82) is 0 Å². The Kier molecular flexibility index (Phi) is 7.95. The zero-order valence-corrected chi connectivity index (χ0v) is 26.5.